The van der Waals surface area contributed by atoms with Crippen LogP contribution >= 0.6 is 24.0 Å². The predicted molar refractivity (Wildman–Crippen MR) is 84.5 cm³/mol. The molecule has 1 fully saturated rings. The lowest BCUT2D eigenvalue weighted by molar-refractivity contribution is 0.533. The maximum absolute atomic E-state index is 5.54. The van der Waals surface area contributed by atoms with Crippen molar-refractivity contribution in [2.75, 3.05) is 5.75 Å². The summed E-state index contributed by atoms with van der Waals surface area (Å²) in [6.45, 7) is 4.34. The molecule has 102 valence electrons. The third kappa shape index (κ3) is 2.23. The van der Waals surface area contributed by atoms with Crippen LogP contribution in [-0.4, -0.2) is 25.5 Å². The molecule has 2 atom stereocenters. The first-order chi connectivity index (χ1) is 9.22. The molecule has 1 aliphatic carbocycles. The Morgan fingerprint density at radius 1 is 1.53 bits per heavy atom. The Morgan fingerprint density at radius 3 is 3.16 bits per heavy atom. The first-order valence-electron chi connectivity index (χ1n) is 6.89. The molecule has 19 heavy (non-hydrogen) atoms. The number of aromatic amines is 1. The number of aryl methyl sites for hydroxylation is 1. The van der Waals surface area contributed by atoms with Crippen molar-refractivity contribution < 1.29 is 0 Å². The Bertz CT molecular complexity index is 644. The molecule has 1 aliphatic rings. The topological polar surface area (TPSA) is 33.6 Å². The molecular formula is C14H19N3S2. The van der Waals surface area contributed by atoms with Gasteiger partial charge >= 0.3 is 0 Å². The van der Waals surface area contributed by atoms with Crippen LogP contribution in [0.3, 0.4) is 0 Å². The molecule has 0 amide bonds. The fourth-order valence-corrected chi connectivity index (χ4v) is 4.63. The van der Waals surface area contributed by atoms with Gasteiger partial charge in [0.25, 0.3) is 0 Å². The maximum atomic E-state index is 5.54. The minimum atomic E-state index is 0.500. The summed E-state index contributed by atoms with van der Waals surface area (Å²) in [6.07, 6.45) is 5.69. The third-order valence-electron chi connectivity index (χ3n) is 3.95. The second-order valence-corrected chi connectivity index (χ2v) is 7.02. The van der Waals surface area contributed by atoms with E-state index in [1.54, 1.807) is 0 Å². The summed E-state index contributed by atoms with van der Waals surface area (Å²) in [5, 5.41) is 0.679. The molecule has 0 spiro atoms. The zero-order valence-corrected chi connectivity index (χ0v) is 13.0. The minimum absolute atomic E-state index is 0.500. The summed E-state index contributed by atoms with van der Waals surface area (Å²) < 4.78 is 3.09. The Kier molecular flexibility index (Phi) is 3.67. The summed E-state index contributed by atoms with van der Waals surface area (Å²) in [4.78, 5) is 7.90. The Labute approximate surface area is 122 Å². The highest BCUT2D eigenvalue weighted by Crippen LogP contribution is 2.39. The van der Waals surface area contributed by atoms with Gasteiger partial charge < -0.3 is 4.98 Å². The molecular weight excluding hydrogens is 274 g/mol. The Morgan fingerprint density at radius 2 is 2.37 bits per heavy atom. The molecule has 2 unspecified atom stereocenters. The van der Waals surface area contributed by atoms with Gasteiger partial charge in [-0.05, 0) is 49.4 Å². The summed E-state index contributed by atoms with van der Waals surface area (Å²) in [6, 6.07) is 2.53. The molecule has 3 nitrogen and oxygen atoms in total. The first kappa shape index (κ1) is 13.2. The number of imidazole rings is 1. The highest BCUT2D eigenvalue weighted by atomic mass is 32.2. The lowest BCUT2D eigenvalue weighted by Crippen LogP contribution is -2.16. The van der Waals surface area contributed by atoms with Crippen molar-refractivity contribution in [3.8, 4) is 0 Å². The maximum Gasteiger partial charge on any atom is 0.179 e. The fraction of sp³-hybridized carbons (Fsp3) is 0.571. The first-order valence-corrected chi connectivity index (χ1v) is 8.35. The number of hydrogen-bond donors (Lipinski definition) is 1. The van der Waals surface area contributed by atoms with E-state index in [0.29, 0.717) is 11.3 Å². The zero-order chi connectivity index (χ0) is 13.4. The van der Waals surface area contributed by atoms with Crippen molar-refractivity contribution in [2.24, 2.45) is 0 Å². The minimum Gasteiger partial charge on any atom is -0.329 e. The predicted octanol–water partition coefficient (Wildman–Crippen LogP) is 4.25. The van der Waals surface area contributed by atoms with Gasteiger partial charge in [0.1, 0.15) is 0 Å². The molecule has 1 saturated carbocycles. The van der Waals surface area contributed by atoms with Crippen molar-refractivity contribution in [2.45, 2.75) is 44.4 Å². The fourth-order valence-electron chi connectivity index (χ4n) is 3.06. The van der Waals surface area contributed by atoms with Gasteiger partial charge in [0, 0.05) is 17.5 Å². The number of H-pyrrole nitrogens is 1. The molecule has 2 heterocycles. The summed E-state index contributed by atoms with van der Waals surface area (Å²) >= 11 is 7.60. The molecule has 0 aliphatic heterocycles. The van der Waals surface area contributed by atoms with Crippen LogP contribution in [0.25, 0.3) is 11.2 Å². The van der Waals surface area contributed by atoms with Gasteiger partial charge in [-0.25, -0.2) is 4.98 Å². The number of rotatable bonds is 3. The van der Waals surface area contributed by atoms with Gasteiger partial charge in [-0.2, -0.15) is 11.8 Å². The highest BCUT2D eigenvalue weighted by molar-refractivity contribution is 7.99. The Hall–Kier alpha value is -0.810. The summed E-state index contributed by atoms with van der Waals surface area (Å²) in [5.41, 5.74) is 3.34. The average molecular weight is 293 g/mol. The monoisotopic (exact) mass is 293 g/mol. The highest BCUT2D eigenvalue weighted by Gasteiger charge is 2.30. The molecule has 1 N–H and O–H groups in total. The van der Waals surface area contributed by atoms with Crippen molar-refractivity contribution in [3.05, 3.63) is 22.6 Å². The van der Waals surface area contributed by atoms with E-state index in [9.17, 15) is 0 Å². The van der Waals surface area contributed by atoms with Crippen LogP contribution in [0.4, 0.5) is 0 Å². The number of fused-ring (bicyclic) bond motifs is 1. The molecule has 2 aromatic rings. The van der Waals surface area contributed by atoms with Gasteiger partial charge in [-0.15, -0.1) is 0 Å². The normalized spacial score (nSPS) is 23.3. The van der Waals surface area contributed by atoms with Crippen molar-refractivity contribution >= 4 is 35.1 Å². The molecule has 3 rings (SSSR count). The van der Waals surface area contributed by atoms with Gasteiger partial charge in [-0.1, -0.05) is 13.3 Å². The van der Waals surface area contributed by atoms with Gasteiger partial charge in [0.2, 0.25) is 0 Å². The quantitative estimate of drug-likeness (QED) is 0.859. The lowest BCUT2D eigenvalue weighted by atomic mass is 10.2. The number of aromatic nitrogens is 3. The summed E-state index contributed by atoms with van der Waals surface area (Å²) in [7, 11) is 0. The van der Waals surface area contributed by atoms with E-state index in [1.165, 1.54) is 30.6 Å². The second kappa shape index (κ2) is 5.29. The second-order valence-electron chi connectivity index (χ2n) is 5.12. The molecule has 2 aromatic heterocycles. The number of pyridine rings is 1. The van der Waals surface area contributed by atoms with Crippen LogP contribution in [-0.2, 0) is 0 Å². The largest absolute Gasteiger partial charge is 0.329 e. The molecule has 0 radical (unpaired) electrons. The number of nitrogens with zero attached hydrogens (tertiary/aromatic N) is 2. The molecule has 5 heteroatoms. The van der Waals surface area contributed by atoms with Gasteiger partial charge in [0.05, 0.1) is 5.52 Å². The zero-order valence-electron chi connectivity index (χ0n) is 11.3. The van der Waals surface area contributed by atoms with Crippen LogP contribution in [0.15, 0.2) is 12.3 Å². The smallest absolute Gasteiger partial charge is 0.179 e. The van der Waals surface area contributed by atoms with Crippen molar-refractivity contribution in [1.82, 2.24) is 14.5 Å². The van der Waals surface area contributed by atoms with Gasteiger partial charge in [0.15, 0.2) is 10.4 Å². The molecule has 0 bridgehead atoms. The number of hydrogen-bond acceptors (Lipinski definition) is 3. The van der Waals surface area contributed by atoms with Crippen molar-refractivity contribution in [3.63, 3.8) is 0 Å². The van der Waals surface area contributed by atoms with Crippen LogP contribution in [0.5, 0.6) is 0 Å². The average Bonchev–Trinajstić information content (AvgIpc) is 2.94. The van der Waals surface area contributed by atoms with E-state index in [1.807, 2.05) is 12.3 Å². The standard InChI is InChI=1S/C14H19N3S2/c1-3-19-11-6-4-5-10(11)17-13-12(16-14(17)18)9(2)7-8-15-13/h7-8,10-11H,3-6H2,1-2H3,(H,16,18). The lowest BCUT2D eigenvalue weighted by Gasteiger charge is -2.20. The van der Waals surface area contributed by atoms with Gasteiger partial charge in [-0.3, -0.25) is 4.57 Å². The number of nitrogens with one attached hydrogen (secondary N) is 1. The summed E-state index contributed by atoms with van der Waals surface area (Å²) in [5.74, 6) is 1.17. The van der Waals surface area contributed by atoms with E-state index >= 15 is 0 Å². The van der Waals surface area contributed by atoms with Crippen molar-refractivity contribution in [1.29, 1.82) is 0 Å². The SMILES string of the molecule is CCSC1CCCC1n1c(=S)[nH]c2c(C)ccnc21. The van der Waals surface area contributed by atoms with Crippen LogP contribution in [0, 0.1) is 11.7 Å². The number of thioether (sulfide) groups is 1. The van der Waals surface area contributed by atoms with E-state index in [-0.39, 0.29) is 0 Å². The van der Waals surface area contributed by atoms with Crippen LogP contribution in [0.1, 0.15) is 37.8 Å². The Balaban J connectivity index is 2.12. The van der Waals surface area contributed by atoms with Crippen LogP contribution < -0.4 is 0 Å². The van der Waals surface area contributed by atoms with E-state index < -0.39 is 0 Å². The van der Waals surface area contributed by atoms with Crippen LogP contribution in [0.2, 0.25) is 0 Å². The molecule has 0 saturated heterocycles. The van der Waals surface area contributed by atoms with E-state index in [4.69, 9.17) is 12.2 Å². The van der Waals surface area contributed by atoms with E-state index in [0.717, 1.165) is 15.9 Å². The molecule has 0 aromatic carbocycles. The third-order valence-corrected chi connectivity index (χ3v) is 5.56. The van der Waals surface area contributed by atoms with E-state index in [2.05, 4.69) is 40.1 Å².